The molecular weight excluding hydrogens is 274 g/mol. The zero-order valence-corrected chi connectivity index (χ0v) is 13.6. The number of ether oxygens (including phenoxy) is 1. The standard InChI is InChI=1S/C18H21N3O/c1-12-7-13(2)16-15(8-12)17(14(9-19)10-20-16)21-5-6-22-18(3,4)11-21/h7-8,10H,5-6,11H2,1-4H3. The zero-order chi connectivity index (χ0) is 15.9. The summed E-state index contributed by atoms with van der Waals surface area (Å²) in [4.78, 5) is 6.77. The lowest BCUT2D eigenvalue weighted by atomic mass is 10.0. The van der Waals surface area contributed by atoms with Gasteiger partial charge in [-0.05, 0) is 39.3 Å². The minimum atomic E-state index is -0.209. The first kappa shape index (κ1) is 14.8. The van der Waals surface area contributed by atoms with Crippen molar-refractivity contribution in [3.05, 3.63) is 35.0 Å². The molecule has 0 saturated carbocycles. The average Bonchev–Trinajstić information content (AvgIpc) is 2.44. The van der Waals surface area contributed by atoms with E-state index < -0.39 is 0 Å². The lowest BCUT2D eigenvalue weighted by Gasteiger charge is -2.40. The first-order valence-corrected chi connectivity index (χ1v) is 7.60. The molecule has 4 heteroatoms. The highest BCUT2D eigenvalue weighted by Crippen LogP contribution is 2.34. The number of morpholine rings is 1. The van der Waals surface area contributed by atoms with Crippen LogP contribution in [0.15, 0.2) is 18.3 Å². The topological polar surface area (TPSA) is 49.2 Å². The Hall–Kier alpha value is -2.12. The van der Waals surface area contributed by atoms with Crippen molar-refractivity contribution in [2.24, 2.45) is 0 Å². The predicted octanol–water partition coefficient (Wildman–Crippen LogP) is 3.34. The van der Waals surface area contributed by atoms with Crippen LogP contribution >= 0.6 is 0 Å². The van der Waals surface area contributed by atoms with Crippen molar-refractivity contribution in [2.75, 3.05) is 24.6 Å². The summed E-state index contributed by atoms with van der Waals surface area (Å²) < 4.78 is 5.81. The highest BCUT2D eigenvalue weighted by Gasteiger charge is 2.29. The first-order chi connectivity index (χ1) is 10.4. The van der Waals surface area contributed by atoms with Crippen molar-refractivity contribution in [1.82, 2.24) is 4.98 Å². The van der Waals surface area contributed by atoms with Crippen molar-refractivity contribution in [1.29, 1.82) is 5.26 Å². The van der Waals surface area contributed by atoms with Crippen LogP contribution in [-0.2, 0) is 4.74 Å². The van der Waals surface area contributed by atoms with E-state index in [2.05, 4.69) is 55.8 Å². The molecule has 1 aromatic heterocycles. The molecule has 0 atom stereocenters. The van der Waals surface area contributed by atoms with E-state index in [0.717, 1.165) is 35.2 Å². The molecule has 1 saturated heterocycles. The van der Waals surface area contributed by atoms with Gasteiger partial charge in [0.05, 0.1) is 29.0 Å². The van der Waals surface area contributed by atoms with Crippen LogP contribution in [0, 0.1) is 25.2 Å². The van der Waals surface area contributed by atoms with E-state index >= 15 is 0 Å². The average molecular weight is 295 g/mol. The summed E-state index contributed by atoms with van der Waals surface area (Å²) in [5.41, 5.74) is 4.73. The molecule has 0 N–H and O–H groups in total. The van der Waals surface area contributed by atoms with Gasteiger partial charge in [-0.1, -0.05) is 11.6 Å². The van der Waals surface area contributed by atoms with E-state index in [1.54, 1.807) is 6.20 Å². The van der Waals surface area contributed by atoms with Crippen LogP contribution in [-0.4, -0.2) is 30.3 Å². The molecule has 0 unspecified atom stereocenters. The number of benzene rings is 1. The third-order valence-corrected chi connectivity index (χ3v) is 4.14. The number of nitriles is 1. The normalized spacial score (nSPS) is 17.5. The Morgan fingerprint density at radius 2 is 2.09 bits per heavy atom. The Labute approximate surface area is 131 Å². The highest BCUT2D eigenvalue weighted by molar-refractivity contribution is 5.96. The number of aryl methyl sites for hydroxylation is 2. The lowest BCUT2D eigenvalue weighted by molar-refractivity contribution is -0.0276. The second-order valence-corrected chi connectivity index (χ2v) is 6.64. The molecule has 2 heterocycles. The highest BCUT2D eigenvalue weighted by atomic mass is 16.5. The summed E-state index contributed by atoms with van der Waals surface area (Å²) in [6.07, 6.45) is 1.70. The molecule has 1 aliphatic heterocycles. The van der Waals surface area contributed by atoms with Crippen molar-refractivity contribution < 1.29 is 4.74 Å². The Balaban J connectivity index is 2.24. The van der Waals surface area contributed by atoms with Crippen LogP contribution in [0.1, 0.15) is 30.5 Å². The lowest BCUT2D eigenvalue weighted by Crippen LogP contribution is -2.48. The van der Waals surface area contributed by atoms with Crippen LogP contribution in [0.4, 0.5) is 5.69 Å². The van der Waals surface area contributed by atoms with Crippen molar-refractivity contribution in [3.63, 3.8) is 0 Å². The fourth-order valence-electron chi connectivity index (χ4n) is 3.28. The summed E-state index contributed by atoms with van der Waals surface area (Å²) in [6, 6.07) is 6.57. The summed E-state index contributed by atoms with van der Waals surface area (Å²) in [5.74, 6) is 0. The van der Waals surface area contributed by atoms with Gasteiger partial charge < -0.3 is 9.64 Å². The van der Waals surface area contributed by atoms with Gasteiger partial charge in [0.2, 0.25) is 0 Å². The van der Waals surface area contributed by atoms with Gasteiger partial charge in [-0.25, -0.2) is 0 Å². The minimum absolute atomic E-state index is 0.209. The van der Waals surface area contributed by atoms with E-state index in [4.69, 9.17) is 4.74 Å². The molecule has 4 nitrogen and oxygen atoms in total. The molecule has 0 aliphatic carbocycles. The molecule has 0 spiro atoms. The minimum Gasteiger partial charge on any atom is -0.372 e. The summed E-state index contributed by atoms with van der Waals surface area (Å²) >= 11 is 0. The van der Waals surface area contributed by atoms with Crippen LogP contribution in [0.2, 0.25) is 0 Å². The van der Waals surface area contributed by atoms with E-state index in [1.807, 2.05) is 0 Å². The summed E-state index contributed by atoms with van der Waals surface area (Å²) in [6.45, 7) is 10.6. The maximum atomic E-state index is 9.53. The number of hydrogen-bond donors (Lipinski definition) is 0. The van der Waals surface area contributed by atoms with Crippen LogP contribution < -0.4 is 4.90 Å². The smallest absolute Gasteiger partial charge is 0.103 e. The third-order valence-electron chi connectivity index (χ3n) is 4.14. The Kier molecular flexibility index (Phi) is 3.54. The monoisotopic (exact) mass is 295 g/mol. The van der Waals surface area contributed by atoms with Crippen molar-refractivity contribution in [2.45, 2.75) is 33.3 Å². The van der Waals surface area contributed by atoms with E-state index in [0.29, 0.717) is 12.2 Å². The number of aromatic nitrogens is 1. The molecule has 2 aromatic rings. The fraction of sp³-hybridized carbons (Fsp3) is 0.444. The Morgan fingerprint density at radius 1 is 1.32 bits per heavy atom. The van der Waals surface area contributed by atoms with Gasteiger partial charge in [-0.15, -0.1) is 0 Å². The van der Waals surface area contributed by atoms with Gasteiger partial charge >= 0.3 is 0 Å². The number of nitrogens with zero attached hydrogens (tertiary/aromatic N) is 3. The molecular formula is C18H21N3O. The van der Waals surface area contributed by atoms with Crippen molar-refractivity contribution in [3.8, 4) is 6.07 Å². The molecule has 114 valence electrons. The molecule has 1 fully saturated rings. The third kappa shape index (κ3) is 2.53. The van der Waals surface area contributed by atoms with Gasteiger partial charge in [0.25, 0.3) is 0 Å². The Bertz CT molecular complexity index is 774. The zero-order valence-electron chi connectivity index (χ0n) is 13.6. The van der Waals surface area contributed by atoms with Crippen LogP contribution in [0.5, 0.6) is 0 Å². The van der Waals surface area contributed by atoms with Gasteiger partial charge in [0.1, 0.15) is 6.07 Å². The summed E-state index contributed by atoms with van der Waals surface area (Å²) in [7, 11) is 0. The quantitative estimate of drug-likeness (QED) is 0.809. The van der Waals surface area contributed by atoms with Crippen molar-refractivity contribution >= 4 is 16.6 Å². The number of rotatable bonds is 1. The Morgan fingerprint density at radius 3 is 2.77 bits per heavy atom. The molecule has 1 aromatic carbocycles. The SMILES string of the molecule is Cc1cc(C)c2ncc(C#N)c(N3CCOC(C)(C)C3)c2c1. The van der Waals surface area contributed by atoms with Gasteiger partial charge in [-0.2, -0.15) is 5.26 Å². The predicted molar refractivity (Wildman–Crippen MR) is 88.2 cm³/mol. The summed E-state index contributed by atoms with van der Waals surface area (Å²) in [5, 5.41) is 10.6. The molecule has 3 rings (SSSR count). The molecule has 0 bridgehead atoms. The maximum absolute atomic E-state index is 9.53. The largest absolute Gasteiger partial charge is 0.372 e. The second-order valence-electron chi connectivity index (χ2n) is 6.64. The fourth-order valence-corrected chi connectivity index (χ4v) is 3.28. The van der Waals surface area contributed by atoms with Crippen LogP contribution in [0.3, 0.4) is 0 Å². The number of anilines is 1. The first-order valence-electron chi connectivity index (χ1n) is 7.60. The molecule has 0 radical (unpaired) electrons. The maximum Gasteiger partial charge on any atom is 0.103 e. The van der Waals surface area contributed by atoms with Gasteiger partial charge in [0.15, 0.2) is 0 Å². The molecule has 22 heavy (non-hydrogen) atoms. The number of pyridine rings is 1. The van der Waals surface area contributed by atoms with E-state index in [9.17, 15) is 5.26 Å². The van der Waals surface area contributed by atoms with Crippen LogP contribution in [0.25, 0.3) is 10.9 Å². The number of fused-ring (bicyclic) bond motifs is 1. The van der Waals surface area contributed by atoms with E-state index in [-0.39, 0.29) is 5.60 Å². The van der Waals surface area contributed by atoms with Gasteiger partial charge in [-0.3, -0.25) is 4.98 Å². The molecule has 1 aliphatic rings. The molecule has 0 amide bonds. The van der Waals surface area contributed by atoms with Gasteiger partial charge in [0, 0.05) is 24.7 Å². The van der Waals surface area contributed by atoms with E-state index in [1.165, 1.54) is 5.56 Å². The second kappa shape index (κ2) is 5.26. The number of hydrogen-bond acceptors (Lipinski definition) is 4.